The van der Waals surface area contributed by atoms with E-state index in [1.807, 2.05) is 33.8 Å². The highest BCUT2D eigenvalue weighted by molar-refractivity contribution is 5.83. The summed E-state index contributed by atoms with van der Waals surface area (Å²) in [5, 5.41) is 12.6. The number of carboxylic acids is 1. The van der Waals surface area contributed by atoms with Crippen molar-refractivity contribution < 1.29 is 24.2 Å². The third-order valence-corrected chi connectivity index (χ3v) is 4.70. The van der Waals surface area contributed by atoms with Gasteiger partial charge in [-0.2, -0.15) is 0 Å². The fourth-order valence-corrected chi connectivity index (χ4v) is 3.30. The number of carbonyl (C=O) groups excluding carboxylic acids is 1. The Morgan fingerprint density at radius 3 is 2.62 bits per heavy atom. The molecule has 3 aliphatic rings. The van der Waals surface area contributed by atoms with Gasteiger partial charge in [0, 0.05) is 11.3 Å². The van der Waals surface area contributed by atoms with Gasteiger partial charge in [-0.3, -0.25) is 0 Å². The molecule has 0 aromatic rings. The monoisotopic (exact) mass is 336 g/mol. The van der Waals surface area contributed by atoms with Crippen LogP contribution in [0.3, 0.4) is 0 Å². The number of carboxylic acid groups (broad SMARTS) is 1. The van der Waals surface area contributed by atoms with E-state index in [9.17, 15) is 14.7 Å². The molecule has 0 aliphatic carbocycles. The number of hydrogen-bond acceptors (Lipinski definition) is 5. The van der Waals surface area contributed by atoms with Gasteiger partial charge in [-0.25, -0.2) is 9.59 Å². The Morgan fingerprint density at radius 2 is 2.08 bits per heavy atom. The highest BCUT2D eigenvalue weighted by Gasteiger charge is 2.55. The smallest absolute Gasteiger partial charge is 0.410 e. The van der Waals surface area contributed by atoms with Gasteiger partial charge in [0.15, 0.2) is 5.54 Å². The quantitative estimate of drug-likeness (QED) is 0.797. The third kappa shape index (κ3) is 2.56. The predicted octanol–water partition coefficient (Wildman–Crippen LogP) is 1.65. The first-order valence-electron chi connectivity index (χ1n) is 8.17. The number of hydrogen-bond donors (Lipinski definition) is 2. The molecule has 2 N–H and O–H groups in total. The molecule has 7 heteroatoms. The van der Waals surface area contributed by atoms with E-state index < -0.39 is 22.7 Å². The van der Waals surface area contributed by atoms with Crippen LogP contribution in [0.25, 0.3) is 0 Å². The number of rotatable bonds is 2. The minimum absolute atomic E-state index is 0.330. The second-order valence-electron chi connectivity index (χ2n) is 7.60. The second kappa shape index (κ2) is 5.24. The summed E-state index contributed by atoms with van der Waals surface area (Å²) in [4.78, 5) is 25.3. The van der Waals surface area contributed by atoms with E-state index in [2.05, 4.69) is 5.32 Å². The van der Waals surface area contributed by atoms with Crippen LogP contribution in [0.15, 0.2) is 23.4 Å². The first kappa shape index (κ1) is 16.8. The van der Waals surface area contributed by atoms with E-state index in [-0.39, 0.29) is 6.09 Å². The molecule has 1 atom stereocenters. The number of carbonyl (C=O) groups is 2. The number of ether oxygens (including phenoxy) is 2. The van der Waals surface area contributed by atoms with Crippen molar-refractivity contribution in [3.63, 3.8) is 0 Å². The van der Waals surface area contributed by atoms with Crippen LogP contribution in [0.5, 0.6) is 0 Å². The largest absolute Gasteiger partial charge is 0.479 e. The molecule has 0 aromatic carbocycles. The zero-order valence-electron chi connectivity index (χ0n) is 14.5. The molecule has 24 heavy (non-hydrogen) atoms. The zero-order valence-corrected chi connectivity index (χ0v) is 14.5. The Labute approximate surface area is 141 Å². The molecule has 7 nitrogen and oxygen atoms in total. The summed E-state index contributed by atoms with van der Waals surface area (Å²) in [5.74, 6) is -0.905. The van der Waals surface area contributed by atoms with Crippen molar-refractivity contribution in [2.24, 2.45) is 0 Å². The third-order valence-electron chi connectivity index (χ3n) is 4.70. The first-order valence-corrected chi connectivity index (χ1v) is 8.17. The van der Waals surface area contributed by atoms with Gasteiger partial charge in [0.2, 0.25) is 0 Å². The molecule has 1 fully saturated rings. The lowest BCUT2D eigenvalue weighted by atomic mass is 9.81. The molecule has 0 aromatic heterocycles. The lowest BCUT2D eigenvalue weighted by Gasteiger charge is -2.48. The van der Waals surface area contributed by atoms with Crippen LogP contribution < -0.4 is 5.32 Å². The Kier molecular flexibility index (Phi) is 3.67. The van der Waals surface area contributed by atoms with E-state index in [1.54, 1.807) is 11.0 Å². The summed E-state index contributed by atoms with van der Waals surface area (Å²) in [6, 6.07) is 0. The predicted molar refractivity (Wildman–Crippen MR) is 86.4 cm³/mol. The van der Waals surface area contributed by atoms with Crippen LogP contribution in [0, 0.1) is 0 Å². The number of dihydropyridines is 1. The van der Waals surface area contributed by atoms with Crippen LogP contribution in [-0.2, 0) is 14.3 Å². The first-order chi connectivity index (χ1) is 11.1. The molecule has 3 heterocycles. The molecular weight excluding hydrogens is 312 g/mol. The number of nitrogens with zero attached hydrogens (tertiary/aromatic N) is 1. The zero-order chi connectivity index (χ0) is 17.8. The highest BCUT2D eigenvalue weighted by atomic mass is 16.6. The van der Waals surface area contributed by atoms with Crippen molar-refractivity contribution in [1.29, 1.82) is 0 Å². The van der Waals surface area contributed by atoms with Crippen LogP contribution in [0.4, 0.5) is 4.79 Å². The van der Waals surface area contributed by atoms with Crippen molar-refractivity contribution in [3.05, 3.63) is 23.4 Å². The lowest BCUT2D eigenvalue weighted by molar-refractivity contribution is -0.142. The highest BCUT2D eigenvalue weighted by Crippen LogP contribution is 2.42. The number of likely N-dealkylation sites (tertiary alicyclic amines) is 1. The molecule has 1 spiro atoms. The van der Waals surface area contributed by atoms with E-state index in [0.717, 1.165) is 11.3 Å². The molecule has 1 saturated heterocycles. The SMILES string of the molecule is CCC1(C(=O)O)C=CC2=C(COC23CN(C(=O)OC(C)(C)C)C3)N1. The summed E-state index contributed by atoms with van der Waals surface area (Å²) >= 11 is 0. The number of aliphatic carboxylic acids is 1. The van der Waals surface area contributed by atoms with Gasteiger partial charge >= 0.3 is 12.1 Å². The maximum Gasteiger partial charge on any atom is 0.410 e. The van der Waals surface area contributed by atoms with E-state index >= 15 is 0 Å². The van der Waals surface area contributed by atoms with Gasteiger partial charge in [-0.1, -0.05) is 13.0 Å². The van der Waals surface area contributed by atoms with E-state index in [0.29, 0.717) is 26.1 Å². The van der Waals surface area contributed by atoms with Gasteiger partial charge in [-0.05, 0) is 33.3 Å². The van der Waals surface area contributed by atoms with Gasteiger partial charge in [0.05, 0.1) is 19.7 Å². The van der Waals surface area contributed by atoms with Crippen LogP contribution in [-0.4, -0.2) is 58.5 Å². The minimum atomic E-state index is -1.08. The fourth-order valence-electron chi connectivity index (χ4n) is 3.30. The van der Waals surface area contributed by atoms with Crippen molar-refractivity contribution in [2.45, 2.75) is 50.9 Å². The lowest BCUT2D eigenvalue weighted by Crippen LogP contribution is -2.65. The fraction of sp³-hybridized carbons (Fsp3) is 0.647. The molecular formula is C17H24N2O5. The summed E-state index contributed by atoms with van der Waals surface area (Å²) in [6.07, 6.45) is 3.60. The molecule has 0 saturated carbocycles. The average molecular weight is 336 g/mol. The minimum Gasteiger partial charge on any atom is -0.479 e. The van der Waals surface area contributed by atoms with Crippen molar-refractivity contribution in [3.8, 4) is 0 Å². The Balaban J connectivity index is 1.71. The molecule has 0 bridgehead atoms. The Hall–Kier alpha value is -2.02. The van der Waals surface area contributed by atoms with Gasteiger partial charge in [0.1, 0.15) is 11.2 Å². The average Bonchev–Trinajstić information content (AvgIpc) is 2.81. The standard InChI is InChI=1S/C17H24N2O5/c1-5-16(13(20)21)7-6-11-12(18-16)8-23-17(11)9-19(10-17)14(22)24-15(2,3)4/h6-7,18H,5,8-10H2,1-4H3,(H,20,21). The summed E-state index contributed by atoms with van der Waals surface area (Å²) in [6.45, 7) is 8.48. The summed E-state index contributed by atoms with van der Waals surface area (Å²) in [5.41, 5.74) is -0.426. The molecule has 3 aliphatic heterocycles. The number of amides is 1. The topological polar surface area (TPSA) is 88.1 Å². The number of fused-ring (bicyclic) bond motifs is 1. The van der Waals surface area contributed by atoms with Crippen LogP contribution in [0.1, 0.15) is 34.1 Å². The Bertz CT molecular complexity index is 640. The van der Waals surface area contributed by atoms with Crippen LogP contribution in [0.2, 0.25) is 0 Å². The maximum absolute atomic E-state index is 12.1. The summed E-state index contributed by atoms with van der Waals surface area (Å²) < 4.78 is 11.3. The second-order valence-corrected chi connectivity index (χ2v) is 7.60. The summed E-state index contributed by atoms with van der Waals surface area (Å²) in [7, 11) is 0. The normalized spacial score (nSPS) is 27.6. The molecule has 1 amide bonds. The number of nitrogens with one attached hydrogen (secondary N) is 1. The van der Waals surface area contributed by atoms with Gasteiger partial charge < -0.3 is 24.8 Å². The van der Waals surface area contributed by atoms with Crippen LogP contribution >= 0.6 is 0 Å². The van der Waals surface area contributed by atoms with Crippen molar-refractivity contribution in [1.82, 2.24) is 10.2 Å². The maximum atomic E-state index is 12.1. The molecule has 1 unspecified atom stereocenters. The van der Waals surface area contributed by atoms with Gasteiger partial charge in [0.25, 0.3) is 0 Å². The molecule has 0 radical (unpaired) electrons. The van der Waals surface area contributed by atoms with Gasteiger partial charge in [-0.15, -0.1) is 0 Å². The molecule has 132 valence electrons. The molecule has 3 rings (SSSR count). The van der Waals surface area contributed by atoms with E-state index in [1.165, 1.54) is 0 Å². The Morgan fingerprint density at radius 1 is 1.42 bits per heavy atom. The van der Waals surface area contributed by atoms with Crippen molar-refractivity contribution >= 4 is 12.1 Å². The van der Waals surface area contributed by atoms with E-state index in [4.69, 9.17) is 9.47 Å². The van der Waals surface area contributed by atoms with Crippen molar-refractivity contribution in [2.75, 3.05) is 19.7 Å².